The van der Waals surface area contributed by atoms with E-state index in [0.29, 0.717) is 18.8 Å². The van der Waals surface area contributed by atoms with Gasteiger partial charge in [0.2, 0.25) is 11.8 Å². The average Bonchev–Trinajstić information content (AvgIpc) is 3.11. The van der Waals surface area contributed by atoms with Crippen LogP contribution in [0, 0.1) is 0 Å². The molecular weight excluding hydrogens is 406 g/mol. The predicted octanol–water partition coefficient (Wildman–Crippen LogP) is 4.09. The summed E-state index contributed by atoms with van der Waals surface area (Å²) in [6.45, 7) is 6.71. The molecule has 7 nitrogen and oxygen atoms in total. The van der Waals surface area contributed by atoms with E-state index in [-0.39, 0.29) is 25.0 Å². The molecule has 0 saturated carbocycles. The highest BCUT2D eigenvalue weighted by atomic mass is 16.5. The molecule has 3 rings (SSSR count). The number of nitrogens with one attached hydrogen (secondary N) is 2. The van der Waals surface area contributed by atoms with Gasteiger partial charge in [-0.3, -0.25) is 9.59 Å². The normalized spacial score (nSPS) is 11.2. The summed E-state index contributed by atoms with van der Waals surface area (Å²) in [7, 11) is 0. The number of amides is 2. The highest BCUT2D eigenvalue weighted by Gasteiger charge is 2.11. The number of hydrogen-bond donors (Lipinski definition) is 2. The SMILES string of the molecule is CCCCOCCCNC(=O)COCC(=O)Nc1ccc2c(c1)c1ccccc1n2CC. The highest BCUT2D eigenvalue weighted by Crippen LogP contribution is 2.30. The van der Waals surface area contributed by atoms with Crippen LogP contribution in [0.4, 0.5) is 5.69 Å². The number of hydrogen-bond acceptors (Lipinski definition) is 4. The monoisotopic (exact) mass is 439 g/mol. The molecule has 0 aliphatic heterocycles. The number of nitrogens with zero attached hydrogens (tertiary/aromatic N) is 1. The standard InChI is InChI=1S/C25H33N3O4/c1-3-5-14-31-15-8-13-26-24(29)17-32-18-25(30)27-19-11-12-23-21(16-19)20-9-6-7-10-22(20)28(23)4-2/h6-7,9-12,16H,3-5,8,13-15,17-18H2,1-2H3,(H,26,29)(H,27,30). The van der Waals surface area contributed by atoms with E-state index in [4.69, 9.17) is 9.47 Å². The van der Waals surface area contributed by atoms with Crippen molar-refractivity contribution in [3.8, 4) is 0 Å². The molecule has 2 N–H and O–H groups in total. The second kappa shape index (κ2) is 12.2. The first-order chi connectivity index (χ1) is 15.6. The molecule has 0 unspecified atom stereocenters. The maximum absolute atomic E-state index is 12.3. The number of carbonyl (C=O) groups excluding carboxylic acids is 2. The van der Waals surface area contributed by atoms with E-state index in [1.165, 1.54) is 5.52 Å². The largest absolute Gasteiger partial charge is 0.381 e. The first-order valence-electron chi connectivity index (χ1n) is 11.4. The van der Waals surface area contributed by atoms with Crippen molar-refractivity contribution in [1.29, 1.82) is 0 Å². The van der Waals surface area contributed by atoms with Crippen LogP contribution in [0.2, 0.25) is 0 Å². The van der Waals surface area contributed by atoms with E-state index in [1.54, 1.807) is 0 Å². The number of anilines is 1. The third-order valence-electron chi connectivity index (χ3n) is 5.27. The van der Waals surface area contributed by atoms with Gasteiger partial charge in [-0.05, 0) is 44.0 Å². The Labute approximate surface area is 189 Å². The second-order valence-corrected chi connectivity index (χ2v) is 7.70. The Hall–Kier alpha value is -2.90. The summed E-state index contributed by atoms with van der Waals surface area (Å²) in [5.74, 6) is -0.527. The first-order valence-corrected chi connectivity index (χ1v) is 11.4. The van der Waals surface area contributed by atoms with Crippen LogP contribution in [-0.4, -0.2) is 49.4 Å². The predicted molar refractivity (Wildman–Crippen MR) is 128 cm³/mol. The molecule has 1 heterocycles. The fraction of sp³-hybridized carbons (Fsp3) is 0.440. The Morgan fingerprint density at radius 1 is 0.875 bits per heavy atom. The van der Waals surface area contributed by atoms with Crippen molar-refractivity contribution in [2.75, 3.05) is 38.3 Å². The highest BCUT2D eigenvalue weighted by molar-refractivity contribution is 6.09. The van der Waals surface area contributed by atoms with Crippen LogP contribution in [0.3, 0.4) is 0 Å². The lowest BCUT2D eigenvalue weighted by atomic mass is 10.1. The quantitative estimate of drug-likeness (QED) is 0.393. The summed E-state index contributed by atoms with van der Waals surface area (Å²) in [6, 6.07) is 14.1. The lowest BCUT2D eigenvalue weighted by Gasteiger charge is -2.08. The molecular formula is C25H33N3O4. The van der Waals surface area contributed by atoms with Crippen molar-refractivity contribution in [3.63, 3.8) is 0 Å². The minimum absolute atomic E-state index is 0.146. The van der Waals surface area contributed by atoms with Crippen molar-refractivity contribution in [1.82, 2.24) is 9.88 Å². The van der Waals surface area contributed by atoms with Crippen LogP contribution in [0.1, 0.15) is 33.1 Å². The molecule has 0 atom stereocenters. The van der Waals surface area contributed by atoms with Gasteiger partial charge < -0.3 is 24.7 Å². The summed E-state index contributed by atoms with van der Waals surface area (Å²) in [4.78, 5) is 24.1. The maximum Gasteiger partial charge on any atom is 0.250 e. The van der Waals surface area contributed by atoms with Gasteiger partial charge in [0.25, 0.3) is 0 Å². The van der Waals surface area contributed by atoms with Gasteiger partial charge in [-0.1, -0.05) is 31.5 Å². The van der Waals surface area contributed by atoms with Gasteiger partial charge in [-0.2, -0.15) is 0 Å². The fourth-order valence-corrected chi connectivity index (χ4v) is 3.71. The zero-order valence-electron chi connectivity index (χ0n) is 19.0. The van der Waals surface area contributed by atoms with Gasteiger partial charge in [0.1, 0.15) is 13.2 Å². The van der Waals surface area contributed by atoms with Gasteiger partial charge >= 0.3 is 0 Å². The van der Waals surface area contributed by atoms with Crippen molar-refractivity contribution < 1.29 is 19.1 Å². The van der Waals surface area contributed by atoms with E-state index in [2.05, 4.69) is 41.2 Å². The topological polar surface area (TPSA) is 81.6 Å². The fourth-order valence-electron chi connectivity index (χ4n) is 3.71. The minimum atomic E-state index is -0.291. The van der Waals surface area contributed by atoms with Gasteiger partial charge in [0, 0.05) is 53.8 Å². The number of benzene rings is 2. The maximum atomic E-state index is 12.3. The van der Waals surface area contributed by atoms with Crippen LogP contribution >= 0.6 is 0 Å². The molecule has 0 spiro atoms. The van der Waals surface area contributed by atoms with E-state index >= 15 is 0 Å². The number of carbonyl (C=O) groups is 2. The van der Waals surface area contributed by atoms with Crippen molar-refractivity contribution in [2.24, 2.45) is 0 Å². The number of unbranched alkanes of at least 4 members (excludes halogenated alkanes) is 1. The van der Waals surface area contributed by atoms with Crippen LogP contribution < -0.4 is 10.6 Å². The molecule has 1 aromatic heterocycles. The molecule has 0 bridgehead atoms. The van der Waals surface area contributed by atoms with Crippen molar-refractivity contribution in [3.05, 3.63) is 42.5 Å². The molecule has 0 fully saturated rings. The summed E-state index contributed by atoms with van der Waals surface area (Å²) < 4.78 is 13.0. The van der Waals surface area contributed by atoms with E-state index in [0.717, 1.165) is 48.7 Å². The Kier molecular flexibility index (Phi) is 9.07. The second-order valence-electron chi connectivity index (χ2n) is 7.70. The summed E-state index contributed by atoms with van der Waals surface area (Å²) in [5.41, 5.74) is 3.02. The van der Waals surface area contributed by atoms with Gasteiger partial charge in [-0.25, -0.2) is 0 Å². The van der Waals surface area contributed by atoms with Gasteiger partial charge in [-0.15, -0.1) is 0 Å². The number of aryl methyl sites for hydroxylation is 1. The minimum Gasteiger partial charge on any atom is -0.381 e. The van der Waals surface area contributed by atoms with E-state index in [1.807, 2.05) is 30.3 Å². The van der Waals surface area contributed by atoms with Crippen LogP contribution in [-0.2, 0) is 25.6 Å². The molecule has 0 saturated heterocycles. The number of para-hydroxylation sites is 1. The van der Waals surface area contributed by atoms with Crippen molar-refractivity contribution in [2.45, 2.75) is 39.7 Å². The molecule has 3 aromatic rings. The molecule has 172 valence electrons. The first kappa shape index (κ1) is 23.8. The molecule has 7 heteroatoms. The zero-order valence-corrected chi connectivity index (χ0v) is 19.0. The number of ether oxygens (including phenoxy) is 2. The van der Waals surface area contributed by atoms with E-state index in [9.17, 15) is 9.59 Å². The molecule has 2 aromatic carbocycles. The van der Waals surface area contributed by atoms with Gasteiger partial charge in [0.15, 0.2) is 0 Å². The Balaban J connectivity index is 1.43. The van der Waals surface area contributed by atoms with E-state index < -0.39 is 0 Å². The number of rotatable bonds is 13. The third-order valence-corrected chi connectivity index (χ3v) is 5.27. The summed E-state index contributed by atoms with van der Waals surface area (Å²) >= 11 is 0. The van der Waals surface area contributed by atoms with Crippen LogP contribution in [0.15, 0.2) is 42.5 Å². The molecule has 2 amide bonds. The Morgan fingerprint density at radius 2 is 1.62 bits per heavy atom. The molecule has 32 heavy (non-hydrogen) atoms. The third kappa shape index (κ3) is 6.31. The number of aromatic nitrogens is 1. The average molecular weight is 440 g/mol. The zero-order chi connectivity index (χ0) is 22.8. The lowest BCUT2D eigenvalue weighted by molar-refractivity contribution is -0.128. The summed E-state index contributed by atoms with van der Waals surface area (Å²) in [5, 5.41) is 7.87. The van der Waals surface area contributed by atoms with Crippen molar-refractivity contribution >= 4 is 39.3 Å². The van der Waals surface area contributed by atoms with Crippen LogP contribution in [0.5, 0.6) is 0 Å². The summed E-state index contributed by atoms with van der Waals surface area (Å²) in [6.07, 6.45) is 2.92. The smallest absolute Gasteiger partial charge is 0.250 e. The Bertz CT molecular complexity index is 1040. The molecule has 0 aliphatic carbocycles. The molecule has 0 radical (unpaired) electrons. The lowest BCUT2D eigenvalue weighted by Crippen LogP contribution is -2.30. The Morgan fingerprint density at radius 3 is 2.44 bits per heavy atom. The number of fused-ring (bicyclic) bond motifs is 3. The van der Waals surface area contributed by atoms with Gasteiger partial charge in [0.05, 0.1) is 0 Å². The molecule has 0 aliphatic rings. The van der Waals surface area contributed by atoms with Crippen LogP contribution in [0.25, 0.3) is 21.8 Å².